The Balaban J connectivity index is 2.15. The van der Waals surface area contributed by atoms with E-state index >= 15 is 0 Å². The molecule has 0 bridgehead atoms. The van der Waals surface area contributed by atoms with Gasteiger partial charge in [-0.1, -0.05) is 18.7 Å². The largest absolute Gasteiger partial charge is 0.433 e. The number of carbonyl (C=O) groups excluding carboxylic acids is 1. The molecule has 0 spiro atoms. The summed E-state index contributed by atoms with van der Waals surface area (Å²) in [6.07, 6.45) is 2.42. The lowest BCUT2D eigenvalue weighted by atomic mass is 10.3. The summed E-state index contributed by atoms with van der Waals surface area (Å²) >= 11 is 2.60. The molecule has 1 aliphatic rings. The van der Waals surface area contributed by atoms with E-state index in [9.17, 15) is 14.9 Å². The summed E-state index contributed by atoms with van der Waals surface area (Å²) in [5, 5.41) is 10.3. The van der Waals surface area contributed by atoms with Gasteiger partial charge in [0.05, 0.1) is 6.07 Å². The van der Waals surface area contributed by atoms with Crippen LogP contribution in [0.4, 0.5) is 5.88 Å². The third kappa shape index (κ3) is 3.48. The zero-order valence-electron chi connectivity index (χ0n) is 9.99. The first-order valence-corrected chi connectivity index (χ1v) is 7.30. The van der Waals surface area contributed by atoms with Crippen LogP contribution < -0.4 is 0 Å². The predicted molar refractivity (Wildman–Crippen MR) is 76.1 cm³/mol. The van der Waals surface area contributed by atoms with Crippen LogP contribution in [0.25, 0.3) is 6.08 Å². The minimum atomic E-state index is -0.626. The molecule has 100 valence electrons. The Hall–Kier alpha value is -1.54. The van der Waals surface area contributed by atoms with Crippen molar-refractivity contribution in [2.45, 2.75) is 13.3 Å². The zero-order chi connectivity index (χ0) is 13.8. The zero-order valence-corrected chi connectivity index (χ0v) is 11.6. The van der Waals surface area contributed by atoms with Crippen molar-refractivity contribution in [3.8, 4) is 0 Å². The van der Waals surface area contributed by atoms with Gasteiger partial charge in [0.1, 0.15) is 20.8 Å². The minimum Gasteiger partial charge on any atom is -0.401 e. The molecule has 1 aromatic rings. The second-order valence-corrected chi connectivity index (χ2v) is 5.88. The molecule has 0 N–H and O–H groups in total. The number of aliphatic imine (C=N–C) groups is 1. The average molecular weight is 298 g/mol. The van der Waals surface area contributed by atoms with Gasteiger partial charge in [-0.3, -0.25) is 14.9 Å². The maximum absolute atomic E-state index is 11.7. The Bertz CT molecular complexity index is 577. The van der Waals surface area contributed by atoms with E-state index in [-0.39, 0.29) is 22.5 Å². The number of hydrogen-bond acceptors (Lipinski definition) is 7. The normalized spacial score (nSPS) is 17.0. The van der Waals surface area contributed by atoms with Gasteiger partial charge in [0, 0.05) is 6.08 Å². The van der Waals surface area contributed by atoms with Crippen molar-refractivity contribution in [2.24, 2.45) is 4.99 Å². The van der Waals surface area contributed by atoms with Crippen LogP contribution in [0.3, 0.4) is 0 Å². The van der Waals surface area contributed by atoms with Crippen molar-refractivity contribution in [3.05, 3.63) is 33.7 Å². The van der Waals surface area contributed by atoms with Crippen LogP contribution >= 0.6 is 23.5 Å². The lowest BCUT2D eigenvalue weighted by molar-refractivity contribution is -0.402. The van der Waals surface area contributed by atoms with Gasteiger partial charge in [0.25, 0.3) is 0 Å². The first-order valence-electron chi connectivity index (χ1n) is 5.49. The van der Waals surface area contributed by atoms with E-state index in [2.05, 4.69) is 4.99 Å². The van der Waals surface area contributed by atoms with Crippen molar-refractivity contribution < 1.29 is 14.1 Å². The Labute approximate surface area is 117 Å². The quantitative estimate of drug-likeness (QED) is 0.481. The predicted octanol–water partition coefficient (Wildman–Crippen LogP) is 3.30. The number of rotatable bonds is 4. The number of nitrogens with zero attached hydrogens (tertiary/aromatic N) is 2. The summed E-state index contributed by atoms with van der Waals surface area (Å²) in [5.74, 6) is 0.800. The van der Waals surface area contributed by atoms with Crippen molar-refractivity contribution in [3.63, 3.8) is 0 Å². The number of nitro groups is 1. The van der Waals surface area contributed by atoms with Gasteiger partial charge in [-0.25, -0.2) is 4.99 Å². The summed E-state index contributed by atoms with van der Waals surface area (Å²) in [6.45, 7) is 2.05. The molecule has 1 aromatic heterocycles. The molecule has 0 saturated carbocycles. The molecule has 0 unspecified atom stereocenters. The van der Waals surface area contributed by atoms with Crippen molar-refractivity contribution in [1.82, 2.24) is 0 Å². The van der Waals surface area contributed by atoms with Crippen molar-refractivity contribution in [2.75, 3.05) is 5.75 Å². The molecular weight excluding hydrogens is 288 g/mol. The highest BCUT2D eigenvalue weighted by Gasteiger charge is 2.23. The van der Waals surface area contributed by atoms with Crippen LogP contribution in [0, 0.1) is 10.1 Å². The van der Waals surface area contributed by atoms with E-state index < -0.39 is 4.92 Å². The van der Waals surface area contributed by atoms with E-state index in [4.69, 9.17) is 4.42 Å². The van der Waals surface area contributed by atoms with Gasteiger partial charge < -0.3 is 4.42 Å². The molecule has 0 atom stereocenters. The number of thioether (sulfide) groups is 2. The molecular formula is C11H10N2O4S2. The summed E-state index contributed by atoms with van der Waals surface area (Å²) in [7, 11) is 0. The van der Waals surface area contributed by atoms with E-state index in [1.54, 1.807) is 0 Å². The third-order valence-corrected chi connectivity index (χ3v) is 4.32. The standard InChI is InChI=1S/C11H10N2O4S2/c1-2-5-18-11-12-8(10(14)19-11)6-7-3-4-9(17-7)13(15)16/h3-4,6H,2,5H2,1H3. The lowest BCUT2D eigenvalue weighted by Gasteiger charge is -1.92. The molecule has 0 aliphatic carbocycles. The Morgan fingerprint density at radius 1 is 1.58 bits per heavy atom. The lowest BCUT2D eigenvalue weighted by Crippen LogP contribution is -1.87. The van der Waals surface area contributed by atoms with E-state index in [1.165, 1.54) is 30.0 Å². The highest BCUT2D eigenvalue weighted by atomic mass is 32.2. The first-order chi connectivity index (χ1) is 9.10. The van der Waals surface area contributed by atoms with E-state index in [0.717, 1.165) is 23.9 Å². The fourth-order valence-electron chi connectivity index (χ4n) is 1.29. The maximum atomic E-state index is 11.7. The molecule has 0 saturated heterocycles. The van der Waals surface area contributed by atoms with Gasteiger partial charge in [-0.15, -0.1) is 0 Å². The number of hydrogen-bond donors (Lipinski definition) is 0. The molecule has 0 amide bonds. The fraction of sp³-hybridized carbons (Fsp3) is 0.273. The smallest absolute Gasteiger partial charge is 0.401 e. The summed E-state index contributed by atoms with van der Waals surface area (Å²) in [4.78, 5) is 25.7. The fourth-order valence-corrected chi connectivity index (χ4v) is 3.06. The van der Waals surface area contributed by atoms with Crippen molar-refractivity contribution in [1.29, 1.82) is 0 Å². The van der Waals surface area contributed by atoms with Gasteiger partial charge in [-0.05, 0) is 30.0 Å². The third-order valence-electron chi connectivity index (χ3n) is 2.10. The van der Waals surface area contributed by atoms with Gasteiger partial charge in [-0.2, -0.15) is 0 Å². The second kappa shape index (κ2) is 6.07. The molecule has 8 heteroatoms. The Morgan fingerprint density at radius 3 is 3.00 bits per heavy atom. The number of carbonyl (C=O) groups is 1. The van der Waals surface area contributed by atoms with Crippen LogP contribution in [-0.2, 0) is 4.79 Å². The topological polar surface area (TPSA) is 85.7 Å². The molecule has 0 fully saturated rings. The van der Waals surface area contributed by atoms with Crippen LogP contribution in [0.2, 0.25) is 0 Å². The first kappa shape index (κ1) is 13.9. The van der Waals surface area contributed by atoms with Crippen molar-refractivity contribution >= 4 is 45.0 Å². The molecule has 6 nitrogen and oxygen atoms in total. The Kier molecular flexibility index (Phi) is 4.43. The van der Waals surface area contributed by atoms with Crippen LogP contribution in [0.1, 0.15) is 19.1 Å². The van der Waals surface area contributed by atoms with E-state index in [1.807, 2.05) is 6.92 Å². The van der Waals surface area contributed by atoms with Gasteiger partial charge in [0.2, 0.25) is 5.12 Å². The molecule has 2 heterocycles. The van der Waals surface area contributed by atoms with Crippen LogP contribution in [0.5, 0.6) is 0 Å². The summed E-state index contributed by atoms with van der Waals surface area (Å²) in [5.41, 5.74) is 0.257. The maximum Gasteiger partial charge on any atom is 0.433 e. The highest BCUT2D eigenvalue weighted by molar-refractivity contribution is 8.45. The van der Waals surface area contributed by atoms with Gasteiger partial charge >= 0.3 is 5.88 Å². The van der Waals surface area contributed by atoms with Crippen LogP contribution in [0.15, 0.2) is 27.2 Å². The second-order valence-electron chi connectivity index (χ2n) is 3.58. The minimum absolute atomic E-state index is 0.169. The van der Waals surface area contributed by atoms with Crippen LogP contribution in [-0.4, -0.2) is 20.2 Å². The molecule has 1 aliphatic heterocycles. The Morgan fingerprint density at radius 2 is 2.37 bits per heavy atom. The summed E-state index contributed by atoms with van der Waals surface area (Å²) < 4.78 is 5.67. The molecule has 0 aromatic carbocycles. The number of furan rings is 1. The van der Waals surface area contributed by atoms with Gasteiger partial charge in [0.15, 0.2) is 0 Å². The molecule has 2 rings (SSSR count). The highest BCUT2D eigenvalue weighted by Crippen LogP contribution is 2.31. The van der Waals surface area contributed by atoms with E-state index in [0.29, 0.717) is 4.38 Å². The molecule has 19 heavy (non-hydrogen) atoms. The SMILES string of the molecule is CCCSC1=NC(=Cc2ccc([N+](=O)[O-])o2)C(=O)S1. The molecule has 0 radical (unpaired) electrons. The summed E-state index contributed by atoms with van der Waals surface area (Å²) in [6, 6.07) is 2.69. The average Bonchev–Trinajstić information content (AvgIpc) is 2.95. The monoisotopic (exact) mass is 298 g/mol.